The van der Waals surface area contributed by atoms with Crippen LogP contribution in [0.1, 0.15) is 50.4 Å². The molecule has 27 heavy (non-hydrogen) atoms. The Morgan fingerprint density at radius 3 is 2.30 bits per heavy atom. The summed E-state index contributed by atoms with van der Waals surface area (Å²) >= 11 is 11.9. The van der Waals surface area contributed by atoms with Crippen LogP contribution in [0.5, 0.6) is 0 Å². The summed E-state index contributed by atoms with van der Waals surface area (Å²) in [7, 11) is 0. The molecule has 1 aromatic rings. The summed E-state index contributed by atoms with van der Waals surface area (Å²) in [6.45, 7) is 8.92. The second kappa shape index (κ2) is 9.76. The van der Waals surface area contributed by atoms with E-state index in [1.807, 2.05) is 13.8 Å². The Balaban J connectivity index is 1.73. The lowest BCUT2D eigenvalue weighted by atomic mass is 9.96. The minimum atomic E-state index is -0.164. The Morgan fingerprint density at radius 2 is 1.74 bits per heavy atom. The molecule has 0 saturated carbocycles. The third kappa shape index (κ3) is 7.32. The number of carbonyl (C=O) groups is 2. The largest absolute Gasteiger partial charge is 0.352 e. The highest BCUT2D eigenvalue weighted by molar-refractivity contribution is 6.35. The van der Waals surface area contributed by atoms with E-state index < -0.39 is 0 Å². The van der Waals surface area contributed by atoms with E-state index in [9.17, 15) is 9.59 Å². The summed E-state index contributed by atoms with van der Waals surface area (Å²) < 4.78 is 0. The summed E-state index contributed by atoms with van der Waals surface area (Å²) in [5.41, 5.74) is 0.309. The fraction of sp³-hybridized carbons (Fsp3) is 0.600. The molecule has 0 aliphatic carbocycles. The summed E-state index contributed by atoms with van der Waals surface area (Å²) in [4.78, 5) is 26.6. The van der Waals surface area contributed by atoms with Crippen molar-refractivity contribution in [3.05, 3.63) is 33.8 Å². The lowest BCUT2D eigenvalue weighted by molar-refractivity contribution is -0.124. The van der Waals surface area contributed by atoms with Crippen LogP contribution in [0.2, 0.25) is 10.0 Å². The Morgan fingerprint density at radius 1 is 1.15 bits per heavy atom. The third-order valence-corrected chi connectivity index (χ3v) is 5.55. The van der Waals surface area contributed by atoms with E-state index in [0.717, 1.165) is 32.4 Å². The Hall–Kier alpha value is -1.30. The fourth-order valence-corrected chi connectivity index (χ4v) is 3.61. The highest BCUT2D eigenvalue weighted by atomic mass is 35.5. The predicted molar refractivity (Wildman–Crippen MR) is 110 cm³/mol. The van der Waals surface area contributed by atoms with E-state index in [0.29, 0.717) is 34.6 Å². The maximum atomic E-state index is 12.3. The Labute approximate surface area is 171 Å². The van der Waals surface area contributed by atoms with Crippen molar-refractivity contribution in [2.45, 2.75) is 45.6 Å². The van der Waals surface area contributed by atoms with E-state index in [2.05, 4.69) is 22.5 Å². The van der Waals surface area contributed by atoms with Crippen LogP contribution >= 0.6 is 23.2 Å². The minimum absolute atomic E-state index is 0.0754. The Bertz CT molecular complexity index is 651. The average Bonchev–Trinajstić information content (AvgIpc) is 2.59. The highest BCUT2D eigenvalue weighted by Crippen LogP contribution is 2.20. The molecule has 0 spiro atoms. The molecule has 5 nitrogen and oxygen atoms in total. The predicted octanol–water partition coefficient (Wildman–Crippen LogP) is 3.74. The molecule has 0 atom stereocenters. The van der Waals surface area contributed by atoms with Crippen molar-refractivity contribution in [3.63, 3.8) is 0 Å². The smallest absolute Gasteiger partial charge is 0.251 e. The number of nitrogens with zero attached hydrogens (tertiary/aromatic N) is 1. The zero-order valence-corrected chi connectivity index (χ0v) is 17.8. The van der Waals surface area contributed by atoms with Crippen molar-refractivity contribution in [3.8, 4) is 0 Å². The van der Waals surface area contributed by atoms with Gasteiger partial charge in [0.25, 0.3) is 5.91 Å². The number of rotatable bonds is 7. The van der Waals surface area contributed by atoms with Crippen LogP contribution in [0.15, 0.2) is 18.2 Å². The maximum absolute atomic E-state index is 12.3. The normalized spacial score (nSPS) is 16.2. The van der Waals surface area contributed by atoms with Crippen molar-refractivity contribution >= 4 is 35.0 Å². The molecule has 2 N–H and O–H groups in total. The van der Waals surface area contributed by atoms with Crippen LogP contribution in [-0.4, -0.2) is 48.4 Å². The zero-order chi connectivity index (χ0) is 20.0. The molecule has 1 heterocycles. The third-order valence-electron chi connectivity index (χ3n) is 5.11. The lowest BCUT2D eigenvalue weighted by Gasteiger charge is -2.33. The van der Waals surface area contributed by atoms with Crippen molar-refractivity contribution in [2.75, 3.05) is 26.2 Å². The molecule has 1 saturated heterocycles. The maximum Gasteiger partial charge on any atom is 0.251 e. The molecule has 0 bridgehead atoms. The summed E-state index contributed by atoms with van der Waals surface area (Å²) in [6.07, 6.45) is 2.82. The van der Waals surface area contributed by atoms with Gasteiger partial charge in [0.2, 0.25) is 5.91 Å². The van der Waals surface area contributed by atoms with Crippen molar-refractivity contribution in [1.29, 1.82) is 0 Å². The van der Waals surface area contributed by atoms with Crippen molar-refractivity contribution < 1.29 is 9.59 Å². The van der Waals surface area contributed by atoms with Gasteiger partial charge in [0, 0.05) is 27.7 Å². The average molecular weight is 414 g/mol. The van der Waals surface area contributed by atoms with Crippen LogP contribution in [0.4, 0.5) is 0 Å². The van der Waals surface area contributed by atoms with E-state index in [1.165, 1.54) is 0 Å². The van der Waals surface area contributed by atoms with Gasteiger partial charge in [-0.25, -0.2) is 0 Å². The zero-order valence-electron chi connectivity index (χ0n) is 16.3. The second-order valence-electron chi connectivity index (χ2n) is 7.87. The van der Waals surface area contributed by atoms with E-state index in [-0.39, 0.29) is 17.4 Å². The van der Waals surface area contributed by atoms with E-state index in [1.54, 1.807) is 18.2 Å². The van der Waals surface area contributed by atoms with Gasteiger partial charge in [-0.3, -0.25) is 14.5 Å². The van der Waals surface area contributed by atoms with E-state index >= 15 is 0 Å². The van der Waals surface area contributed by atoms with Crippen LogP contribution in [0.3, 0.4) is 0 Å². The van der Waals surface area contributed by atoms with Crippen LogP contribution in [0.25, 0.3) is 0 Å². The standard InChI is InChI=1S/C20H29Cl2N3O2/c1-4-20(2,3)24-18(26)13-25-7-5-14(6-8-25)12-23-19(27)15-9-16(21)11-17(22)10-15/h9-11,14H,4-8,12-13H2,1-3H3,(H,23,27)(H,24,26). The number of hydrogen-bond donors (Lipinski definition) is 2. The first-order valence-corrected chi connectivity index (χ1v) is 10.2. The number of amides is 2. The van der Waals surface area contributed by atoms with Gasteiger partial charge in [-0.1, -0.05) is 30.1 Å². The lowest BCUT2D eigenvalue weighted by Crippen LogP contribution is -2.49. The first kappa shape index (κ1) is 22.0. The monoisotopic (exact) mass is 413 g/mol. The molecule has 150 valence electrons. The molecule has 2 amide bonds. The number of benzene rings is 1. The fourth-order valence-electron chi connectivity index (χ4n) is 3.08. The summed E-state index contributed by atoms with van der Waals surface area (Å²) in [6, 6.07) is 4.83. The number of nitrogens with one attached hydrogen (secondary N) is 2. The SMILES string of the molecule is CCC(C)(C)NC(=O)CN1CCC(CNC(=O)c2cc(Cl)cc(Cl)c2)CC1. The van der Waals surface area contributed by atoms with Gasteiger partial charge in [-0.15, -0.1) is 0 Å². The van der Waals surface area contributed by atoms with Crippen molar-refractivity contribution in [1.82, 2.24) is 15.5 Å². The van der Waals surface area contributed by atoms with Crippen LogP contribution < -0.4 is 10.6 Å². The Kier molecular flexibility index (Phi) is 7.95. The van der Waals surface area contributed by atoms with E-state index in [4.69, 9.17) is 23.2 Å². The van der Waals surface area contributed by atoms with Crippen LogP contribution in [-0.2, 0) is 4.79 Å². The molecular formula is C20H29Cl2N3O2. The highest BCUT2D eigenvalue weighted by Gasteiger charge is 2.24. The molecule has 1 fully saturated rings. The molecule has 0 radical (unpaired) electrons. The molecule has 0 aromatic heterocycles. The first-order chi connectivity index (χ1) is 12.7. The molecule has 1 aliphatic heterocycles. The first-order valence-electron chi connectivity index (χ1n) is 9.46. The van der Waals surface area contributed by atoms with Gasteiger partial charge >= 0.3 is 0 Å². The second-order valence-corrected chi connectivity index (χ2v) is 8.75. The number of halogens is 2. The molecule has 1 aromatic carbocycles. The molecular weight excluding hydrogens is 385 g/mol. The number of likely N-dealkylation sites (tertiary alicyclic amines) is 1. The van der Waals surface area contributed by atoms with Gasteiger partial charge in [-0.05, 0) is 70.3 Å². The number of hydrogen-bond acceptors (Lipinski definition) is 3. The quantitative estimate of drug-likeness (QED) is 0.715. The van der Waals surface area contributed by atoms with Gasteiger partial charge in [0.15, 0.2) is 0 Å². The topological polar surface area (TPSA) is 61.4 Å². The summed E-state index contributed by atoms with van der Waals surface area (Å²) in [5, 5.41) is 6.94. The van der Waals surface area contributed by atoms with Gasteiger partial charge in [-0.2, -0.15) is 0 Å². The molecule has 0 unspecified atom stereocenters. The van der Waals surface area contributed by atoms with Crippen molar-refractivity contribution in [2.24, 2.45) is 5.92 Å². The van der Waals surface area contributed by atoms with Gasteiger partial charge < -0.3 is 10.6 Å². The van der Waals surface area contributed by atoms with Gasteiger partial charge in [0.05, 0.1) is 6.54 Å². The summed E-state index contributed by atoms with van der Waals surface area (Å²) in [5.74, 6) is 0.324. The van der Waals surface area contributed by atoms with Crippen LogP contribution in [0, 0.1) is 5.92 Å². The molecule has 7 heteroatoms. The number of carbonyl (C=O) groups excluding carboxylic acids is 2. The number of piperidine rings is 1. The van der Waals surface area contributed by atoms with Gasteiger partial charge in [0.1, 0.15) is 0 Å². The molecule has 2 rings (SSSR count). The minimum Gasteiger partial charge on any atom is -0.352 e. The molecule has 1 aliphatic rings.